The Labute approximate surface area is 342 Å². The Hall–Kier alpha value is -4.40. The number of sulfonamides is 2. The van der Waals surface area contributed by atoms with Gasteiger partial charge in [0.25, 0.3) is 0 Å². The van der Waals surface area contributed by atoms with E-state index in [1.54, 1.807) is 70.9 Å². The molecule has 13 nitrogen and oxygen atoms in total. The quantitative estimate of drug-likeness (QED) is 0.190. The molecule has 4 aromatic rings. The number of benzene rings is 4. The Morgan fingerprint density at radius 1 is 0.737 bits per heavy atom. The Kier molecular flexibility index (Phi) is 12.3. The van der Waals surface area contributed by atoms with Gasteiger partial charge in [-0.1, -0.05) is 35.3 Å². The number of anilines is 2. The molecule has 4 aliphatic rings. The Morgan fingerprint density at radius 3 is 1.95 bits per heavy atom. The lowest BCUT2D eigenvalue weighted by Crippen LogP contribution is -2.50. The molecule has 300 valence electrons. The molecule has 57 heavy (non-hydrogen) atoms. The summed E-state index contributed by atoms with van der Waals surface area (Å²) < 4.78 is 70.9. The van der Waals surface area contributed by atoms with E-state index >= 15 is 0 Å². The molecule has 0 spiro atoms. The molecule has 0 aromatic heterocycles. The van der Waals surface area contributed by atoms with Crippen molar-refractivity contribution in [3.05, 3.63) is 112 Å². The standard InChI is InChI=1S/C20H18ClN3O4S.C20H23ClN2O4S/c21-16-5-6-18-15(11-16)13-28-20(25)24(18)17-7-9-23(10-8-17)29(26,27)19-4-2-1-3-14(19)12-22;1-26-18-3-5-19(6-4-18)28(24,25)22-10-8-17(9-11-22)23-14-27-13-15-12-16(21)2-7-20(15)23/h1-6,11,17H,7-10,13H2;2-7,12,17H,8-11,13-14H2,1H3. The van der Waals surface area contributed by atoms with E-state index in [9.17, 15) is 26.9 Å². The van der Waals surface area contributed by atoms with Crippen molar-refractivity contribution >= 4 is 60.7 Å². The van der Waals surface area contributed by atoms with Crippen molar-refractivity contribution in [3.8, 4) is 11.8 Å². The first-order valence-corrected chi connectivity index (χ1v) is 22.0. The van der Waals surface area contributed by atoms with Gasteiger partial charge in [-0.05, 0) is 98.5 Å². The minimum absolute atomic E-state index is 0.0123. The first-order chi connectivity index (χ1) is 27.4. The molecule has 0 N–H and O–H groups in total. The van der Waals surface area contributed by atoms with Crippen LogP contribution in [0.15, 0.2) is 94.7 Å². The first kappa shape index (κ1) is 40.8. The molecule has 0 bridgehead atoms. The molecule has 0 radical (unpaired) electrons. The van der Waals surface area contributed by atoms with Crippen molar-refractivity contribution in [3.63, 3.8) is 0 Å². The van der Waals surface area contributed by atoms with Gasteiger partial charge in [0.05, 0.1) is 34.8 Å². The van der Waals surface area contributed by atoms with Gasteiger partial charge in [0.2, 0.25) is 20.0 Å². The van der Waals surface area contributed by atoms with Gasteiger partial charge >= 0.3 is 6.09 Å². The minimum Gasteiger partial charge on any atom is -0.497 e. The second kappa shape index (κ2) is 17.2. The number of ether oxygens (including phenoxy) is 3. The highest BCUT2D eigenvalue weighted by atomic mass is 35.5. The van der Waals surface area contributed by atoms with Gasteiger partial charge in [0, 0.05) is 65.1 Å². The third-order valence-electron chi connectivity index (χ3n) is 10.7. The number of halogens is 2. The topological polar surface area (TPSA) is 150 Å². The number of hydrogen-bond acceptors (Lipinski definition) is 10. The van der Waals surface area contributed by atoms with Crippen LogP contribution in [-0.2, 0) is 42.7 Å². The molecule has 2 fully saturated rings. The van der Waals surface area contributed by atoms with Gasteiger partial charge in [-0.15, -0.1) is 0 Å². The van der Waals surface area contributed by atoms with Crippen LogP contribution >= 0.6 is 23.2 Å². The lowest BCUT2D eigenvalue weighted by atomic mass is 10.0. The van der Waals surface area contributed by atoms with Crippen LogP contribution < -0.4 is 14.5 Å². The second-order valence-corrected chi connectivity index (χ2v) is 18.7. The fraction of sp³-hybridized carbons (Fsp3) is 0.350. The maximum Gasteiger partial charge on any atom is 0.414 e. The fourth-order valence-electron chi connectivity index (χ4n) is 7.69. The number of nitriles is 1. The molecule has 1 amide bonds. The number of cyclic esters (lactones) is 1. The normalized spacial score (nSPS) is 18.4. The van der Waals surface area contributed by atoms with Gasteiger partial charge in [0.1, 0.15) is 25.2 Å². The zero-order valence-electron chi connectivity index (χ0n) is 31.1. The van der Waals surface area contributed by atoms with E-state index in [2.05, 4.69) is 4.90 Å². The van der Waals surface area contributed by atoms with Gasteiger partial charge < -0.3 is 19.1 Å². The van der Waals surface area contributed by atoms with Crippen molar-refractivity contribution in [1.82, 2.24) is 8.61 Å². The average Bonchev–Trinajstić information content (AvgIpc) is 3.23. The van der Waals surface area contributed by atoms with Gasteiger partial charge in [-0.25, -0.2) is 21.6 Å². The molecule has 0 atom stereocenters. The molecular weight excluding hydrogens is 814 g/mol. The van der Waals surface area contributed by atoms with E-state index < -0.39 is 26.1 Å². The largest absolute Gasteiger partial charge is 0.497 e. The number of nitrogens with zero attached hydrogens (tertiary/aromatic N) is 5. The predicted octanol–water partition coefficient (Wildman–Crippen LogP) is 7.02. The molecule has 8 rings (SSSR count). The van der Waals surface area contributed by atoms with Crippen molar-refractivity contribution in [2.45, 2.75) is 60.8 Å². The number of amides is 1. The first-order valence-electron chi connectivity index (χ1n) is 18.4. The molecule has 4 heterocycles. The van der Waals surface area contributed by atoms with E-state index in [-0.39, 0.29) is 42.2 Å². The number of fused-ring (bicyclic) bond motifs is 2. The van der Waals surface area contributed by atoms with Crippen LogP contribution in [-0.4, -0.2) is 83.6 Å². The molecule has 4 aromatic carbocycles. The summed E-state index contributed by atoms with van der Waals surface area (Å²) in [7, 11) is -5.72. The summed E-state index contributed by atoms with van der Waals surface area (Å²) in [4.78, 5) is 16.6. The molecule has 0 aliphatic carbocycles. The van der Waals surface area contributed by atoms with Crippen molar-refractivity contribution in [2.75, 3.05) is 49.8 Å². The van der Waals surface area contributed by atoms with Gasteiger partial charge in [-0.2, -0.15) is 13.9 Å². The zero-order chi connectivity index (χ0) is 40.3. The highest BCUT2D eigenvalue weighted by molar-refractivity contribution is 7.89. The van der Waals surface area contributed by atoms with E-state index in [0.717, 1.165) is 35.3 Å². The number of methoxy groups -OCH3 is 1. The molecule has 0 unspecified atom stereocenters. The lowest BCUT2D eigenvalue weighted by Gasteiger charge is -2.41. The minimum atomic E-state index is -3.78. The van der Waals surface area contributed by atoms with Crippen molar-refractivity contribution in [2.24, 2.45) is 0 Å². The molecular formula is C40H41Cl2N5O8S2. The molecule has 2 saturated heterocycles. The number of piperidine rings is 2. The van der Waals surface area contributed by atoms with Crippen LogP contribution in [0.2, 0.25) is 10.0 Å². The summed E-state index contributed by atoms with van der Waals surface area (Å²) in [6.45, 7) is 2.71. The lowest BCUT2D eigenvalue weighted by molar-refractivity contribution is 0.0988. The van der Waals surface area contributed by atoms with E-state index in [1.165, 1.54) is 16.4 Å². The Morgan fingerprint density at radius 2 is 1.32 bits per heavy atom. The summed E-state index contributed by atoms with van der Waals surface area (Å²) >= 11 is 12.1. The second-order valence-electron chi connectivity index (χ2n) is 14.0. The summed E-state index contributed by atoms with van der Waals surface area (Å²) in [5.74, 6) is 0.640. The highest BCUT2D eigenvalue weighted by Crippen LogP contribution is 2.36. The van der Waals surface area contributed by atoms with E-state index in [0.29, 0.717) is 60.0 Å². The molecule has 0 saturated carbocycles. The smallest absolute Gasteiger partial charge is 0.414 e. The molecule has 4 aliphatic heterocycles. The Bertz CT molecular complexity index is 2380. The van der Waals surface area contributed by atoms with Crippen molar-refractivity contribution < 1.29 is 35.8 Å². The summed E-state index contributed by atoms with van der Waals surface area (Å²) in [5, 5.41) is 10.5. The fourth-order valence-corrected chi connectivity index (χ4v) is 11.2. The third-order valence-corrected chi connectivity index (χ3v) is 15.0. The van der Waals surface area contributed by atoms with E-state index in [1.807, 2.05) is 24.3 Å². The summed E-state index contributed by atoms with van der Waals surface area (Å²) in [5.41, 5.74) is 3.91. The monoisotopic (exact) mass is 853 g/mol. The van der Waals surface area contributed by atoms with Crippen LogP contribution in [0, 0.1) is 11.3 Å². The number of hydrogen-bond donors (Lipinski definition) is 0. The number of carbonyl (C=O) groups excluding carboxylic acids is 1. The van der Waals surface area contributed by atoms with Gasteiger partial charge in [-0.3, -0.25) is 4.90 Å². The number of carbonyl (C=O) groups is 1. The van der Waals surface area contributed by atoms with Crippen LogP contribution in [0.1, 0.15) is 42.4 Å². The van der Waals surface area contributed by atoms with Gasteiger partial charge in [0.15, 0.2) is 0 Å². The van der Waals surface area contributed by atoms with E-state index in [4.69, 9.17) is 37.4 Å². The van der Waals surface area contributed by atoms with Crippen LogP contribution in [0.3, 0.4) is 0 Å². The van der Waals surface area contributed by atoms with Crippen molar-refractivity contribution in [1.29, 1.82) is 5.26 Å². The number of rotatable bonds is 7. The maximum atomic E-state index is 13.0. The molecule has 17 heteroatoms. The van der Waals surface area contributed by atoms with Crippen LogP contribution in [0.4, 0.5) is 16.2 Å². The SMILES string of the molecule is COc1ccc(S(=O)(=O)N2CCC(N3COCc4cc(Cl)ccc43)CC2)cc1.N#Cc1ccccc1S(=O)(=O)N1CCC(N2C(=O)OCc3cc(Cl)ccc32)CC1. The highest BCUT2D eigenvalue weighted by Gasteiger charge is 2.38. The Balaban J connectivity index is 0.000000174. The summed E-state index contributed by atoms with van der Waals surface area (Å²) in [6, 6.07) is 25.9. The predicted molar refractivity (Wildman–Crippen MR) is 215 cm³/mol. The van der Waals surface area contributed by atoms with Crippen LogP contribution in [0.5, 0.6) is 5.75 Å². The maximum absolute atomic E-state index is 13.0. The van der Waals surface area contributed by atoms with Crippen LogP contribution in [0.25, 0.3) is 0 Å². The zero-order valence-corrected chi connectivity index (χ0v) is 34.2. The third kappa shape index (κ3) is 8.59. The average molecular weight is 855 g/mol. The summed E-state index contributed by atoms with van der Waals surface area (Å²) in [6.07, 6.45) is 1.99.